The average Bonchev–Trinajstić information content (AvgIpc) is 2.15. The maximum absolute atomic E-state index is 11.2. The maximum Gasteiger partial charge on any atom is 0.263 e. The minimum absolute atomic E-state index is 0.149. The molecule has 78 valence electrons. The Bertz CT molecular complexity index is 562. The van der Waals surface area contributed by atoms with E-state index in [-0.39, 0.29) is 15.6 Å². The molecule has 0 amide bonds. The van der Waals surface area contributed by atoms with Gasteiger partial charge in [0, 0.05) is 20.7 Å². The van der Waals surface area contributed by atoms with Crippen molar-refractivity contribution in [2.75, 3.05) is 0 Å². The van der Waals surface area contributed by atoms with Crippen LogP contribution >= 0.6 is 26.6 Å². The Balaban J connectivity index is 3.81. The number of benzene rings is 1. The predicted octanol–water partition coefficient (Wildman–Crippen LogP) is 2.06. The molecule has 0 unspecified atom stereocenters. The van der Waals surface area contributed by atoms with Gasteiger partial charge in [0.25, 0.3) is 9.05 Å². The van der Waals surface area contributed by atoms with E-state index in [2.05, 4.69) is 15.9 Å². The molecular weight excluding hydrogens is 306 g/mol. The minimum atomic E-state index is -4.12. The van der Waals surface area contributed by atoms with E-state index < -0.39 is 13.9 Å². The van der Waals surface area contributed by atoms with Crippen LogP contribution in [0, 0.1) is 11.3 Å². The molecule has 15 heavy (non-hydrogen) atoms. The number of carbonyl (C=O) groups excluding carboxylic acids is 1. The summed E-state index contributed by atoms with van der Waals surface area (Å²) in [6.07, 6.45) is 0.334. The summed E-state index contributed by atoms with van der Waals surface area (Å²) in [7, 11) is 1.02. The summed E-state index contributed by atoms with van der Waals surface area (Å²) < 4.78 is 22.6. The fourth-order valence-corrected chi connectivity index (χ4v) is 2.89. The van der Waals surface area contributed by atoms with Crippen molar-refractivity contribution in [2.45, 2.75) is 4.90 Å². The lowest BCUT2D eigenvalue weighted by Crippen LogP contribution is -2.01. The van der Waals surface area contributed by atoms with Gasteiger partial charge in [0.05, 0.1) is 5.56 Å². The van der Waals surface area contributed by atoms with Crippen molar-refractivity contribution in [2.24, 2.45) is 0 Å². The molecule has 1 aromatic rings. The Hall–Kier alpha value is -0.900. The van der Waals surface area contributed by atoms with Crippen molar-refractivity contribution < 1.29 is 13.2 Å². The van der Waals surface area contributed by atoms with Gasteiger partial charge in [-0.25, -0.2) is 8.42 Å². The third-order valence-corrected chi connectivity index (χ3v) is 3.71. The second kappa shape index (κ2) is 4.31. The van der Waals surface area contributed by atoms with E-state index in [4.69, 9.17) is 15.9 Å². The average molecular weight is 309 g/mol. The van der Waals surface area contributed by atoms with E-state index in [0.717, 1.165) is 0 Å². The molecule has 0 spiro atoms. The van der Waals surface area contributed by atoms with Crippen LogP contribution in [0.3, 0.4) is 0 Å². The van der Waals surface area contributed by atoms with Crippen LogP contribution in [0.25, 0.3) is 0 Å². The van der Waals surface area contributed by atoms with Crippen LogP contribution in [0.15, 0.2) is 21.5 Å². The van der Waals surface area contributed by atoms with E-state index in [9.17, 15) is 13.2 Å². The van der Waals surface area contributed by atoms with Crippen molar-refractivity contribution >= 4 is 41.9 Å². The smallest absolute Gasteiger partial charge is 0.263 e. The molecule has 0 radical (unpaired) electrons. The number of nitriles is 1. The zero-order valence-corrected chi connectivity index (χ0v) is 10.2. The molecule has 1 aromatic carbocycles. The highest BCUT2D eigenvalue weighted by atomic mass is 79.9. The van der Waals surface area contributed by atoms with Crippen molar-refractivity contribution in [3.63, 3.8) is 0 Å². The third-order valence-electron chi connectivity index (χ3n) is 1.63. The molecule has 0 bridgehead atoms. The molecule has 0 aliphatic carbocycles. The molecule has 0 aromatic heterocycles. The molecule has 0 atom stereocenters. The van der Waals surface area contributed by atoms with Crippen LogP contribution in [0.4, 0.5) is 0 Å². The number of rotatable bonds is 2. The molecule has 0 fully saturated rings. The zero-order chi connectivity index (χ0) is 11.6. The van der Waals surface area contributed by atoms with Crippen molar-refractivity contribution in [1.82, 2.24) is 0 Å². The predicted molar refractivity (Wildman–Crippen MR) is 57.3 cm³/mol. The number of halogens is 2. The Morgan fingerprint density at radius 1 is 1.47 bits per heavy atom. The summed E-state index contributed by atoms with van der Waals surface area (Å²) >= 11 is 3.00. The molecule has 0 saturated heterocycles. The van der Waals surface area contributed by atoms with E-state index in [1.165, 1.54) is 12.1 Å². The maximum atomic E-state index is 11.2. The monoisotopic (exact) mass is 307 g/mol. The first-order chi connectivity index (χ1) is 6.91. The summed E-state index contributed by atoms with van der Waals surface area (Å²) in [6, 6.07) is 4.34. The Kier molecular flexibility index (Phi) is 3.50. The van der Waals surface area contributed by atoms with E-state index in [0.29, 0.717) is 6.29 Å². The Morgan fingerprint density at radius 3 is 2.47 bits per heavy atom. The topological polar surface area (TPSA) is 75.0 Å². The van der Waals surface area contributed by atoms with Gasteiger partial charge in [-0.05, 0) is 12.1 Å². The second-order valence-electron chi connectivity index (χ2n) is 2.51. The summed E-state index contributed by atoms with van der Waals surface area (Å²) in [4.78, 5) is 10.2. The normalized spacial score (nSPS) is 10.7. The van der Waals surface area contributed by atoms with Gasteiger partial charge < -0.3 is 0 Å². The number of nitrogens with zero attached hydrogens (tertiary/aromatic N) is 1. The minimum Gasteiger partial charge on any atom is -0.298 e. The van der Waals surface area contributed by atoms with Crippen LogP contribution in [0.2, 0.25) is 0 Å². The van der Waals surface area contributed by atoms with E-state index in [1.54, 1.807) is 6.07 Å². The van der Waals surface area contributed by atoms with Crippen molar-refractivity contribution in [3.8, 4) is 6.07 Å². The van der Waals surface area contributed by atoms with Crippen LogP contribution in [-0.4, -0.2) is 14.7 Å². The lowest BCUT2D eigenvalue weighted by atomic mass is 10.1. The fraction of sp³-hybridized carbons (Fsp3) is 0. The highest BCUT2D eigenvalue weighted by molar-refractivity contribution is 9.10. The Morgan fingerprint density at radius 2 is 2.07 bits per heavy atom. The first-order valence-corrected chi connectivity index (χ1v) is 6.64. The zero-order valence-electron chi connectivity index (χ0n) is 7.07. The van der Waals surface area contributed by atoms with Crippen LogP contribution in [0.1, 0.15) is 15.9 Å². The molecule has 7 heteroatoms. The van der Waals surface area contributed by atoms with Gasteiger partial charge in [0.2, 0.25) is 0 Å². The number of aldehydes is 1. The largest absolute Gasteiger partial charge is 0.298 e. The number of carbonyl (C=O) groups is 1. The molecule has 0 heterocycles. The van der Waals surface area contributed by atoms with Crippen molar-refractivity contribution in [3.05, 3.63) is 27.7 Å². The molecule has 0 saturated carbocycles. The van der Waals surface area contributed by atoms with Gasteiger partial charge >= 0.3 is 0 Å². The van der Waals surface area contributed by atoms with Crippen LogP contribution < -0.4 is 0 Å². The van der Waals surface area contributed by atoms with Gasteiger partial charge in [-0.3, -0.25) is 4.79 Å². The van der Waals surface area contributed by atoms with E-state index in [1.807, 2.05) is 0 Å². The number of hydrogen-bond acceptors (Lipinski definition) is 4. The van der Waals surface area contributed by atoms with Crippen molar-refractivity contribution in [1.29, 1.82) is 5.26 Å². The molecular formula is C8H3BrClNO3S. The molecule has 0 N–H and O–H groups in total. The quantitative estimate of drug-likeness (QED) is 0.619. The molecule has 0 aliphatic heterocycles. The lowest BCUT2D eigenvalue weighted by molar-refractivity contribution is 0.112. The van der Waals surface area contributed by atoms with Gasteiger partial charge in [0.15, 0.2) is 6.29 Å². The summed E-state index contributed by atoms with van der Waals surface area (Å²) in [5, 5.41) is 8.69. The van der Waals surface area contributed by atoms with Gasteiger partial charge in [0.1, 0.15) is 11.0 Å². The lowest BCUT2D eigenvalue weighted by Gasteiger charge is -2.04. The summed E-state index contributed by atoms with van der Waals surface area (Å²) in [5.41, 5.74) is -0.306. The van der Waals surface area contributed by atoms with Gasteiger partial charge in [-0.15, -0.1) is 0 Å². The molecule has 4 nitrogen and oxygen atoms in total. The molecule has 1 rings (SSSR count). The van der Waals surface area contributed by atoms with Crippen LogP contribution in [0.5, 0.6) is 0 Å². The first kappa shape index (κ1) is 12.2. The number of hydrogen-bond donors (Lipinski definition) is 0. The van der Waals surface area contributed by atoms with Gasteiger partial charge in [-0.2, -0.15) is 5.26 Å². The summed E-state index contributed by atoms with van der Waals surface area (Å²) in [5.74, 6) is 0. The third kappa shape index (κ3) is 2.37. The molecule has 0 aliphatic rings. The van der Waals surface area contributed by atoms with Gasteiger partial charge in [-0.1, -0.05) is 15.9 Å². The fourth-order valence-electron chi connectivity index (χ4n) is 1.04. The second-order valence-corrected chi connectivity index (χ2v) is 5.86. The first-order valence-electron chi connectivity index (χ1n) is 3.54. The highest BCUT2D eigenvalue weighted by Gasteiger charge is 2.22. The van der Waals surface area contributed by atoms with E-state index >= 15 is 0 Å². The summed E-state index contributed by atoms with van der Waals surface area (Å²) in [6.45, 7) is 0. The Labute approximate surface area is 99.0 Å². The van der Waals surface area contributed by atoms with Crippen LogP contribution in [-0.2, 0) is 9.05 Å². The highest BCUT2D eigenvalue weighted by Crippen LogP contribution is 2.28. The standard InChI is InChI=1S/C8H3BrClNO3S/c9-7-2-1-5(3-11)8(6(7)4-12)15(10,13)14/h1-2,4H. The SMILES string of the molecule is N#Cc1ccc(Br)c(C=O)c1S(=O)(=O)Cl.